The predicted molar refractivity (Wildman–Crippen MR) is 69.8 cm³/mol. The van der Waals surface area contributed by atoms with Gasteiger partial charge in [0, 0.05) is 20.1 Å². The fourth-order valence-corrected chi connectivity index (χ4v) is 2.15. The van der Waals surface area contributed by atoms with Gasteiger partial charge in [-0.3, -0.25) is 0 Å². The molecule has 1 fully saturated rings. The van der Waals surface area contributed by atoms with E-state index >= 15 is 0 Å². The van der Waals surface area contributed by atoms with Crippen LogP contribution in [0.5, 0.6) is 0 Å². The monoisotopic (exact) mass is 270 g/mol. The van der Waals surface area contributed by atoms with Crippen molar-refractivity contribution in [3.8, 4) is 0 Å². The van der Waals surface area contributed by atoms with E-state index < -0.39 is 5.82 Å². The van der Waals surface area contributed by atoms with E-state index in [4.69, 9.17) is 9.84 Å². The first-order chi connectivity index (χ1) is 9.24. The molecule has 2 N–H and O–H groups in total. The van der Waals surface area contributed by atoms with E-state index in [0.29, 0.717) is 31.5 Å². The highest BCUT2D eigenvalue weighted by Gasteiger charge is 2.23. The zero-order valence-corrected chi connectivity index (χ0v) is 11.0. The van der Waals surface area contributed by atoms with E-state index in [1.165, 1.54) is 6.20 Å². The Morgan fingerprint density at radius 3 is 2.89 bits per heavy atom. The van der Waals surface area contributed by atoms with Gasteiger partial charge in [0.1, 0.15) is 0 Å². The maximum atomic E-state index is 13.7. The molecule has 1 saturated heterocycles. The van der Waals surface area contributed by atoms with E-state index in [2.05, 4.69) is 15.3 Å². The van der Waals surface area contributed by atoms with Crippen LogP contribution in [-0.2, 0) is 4.74 Å². The quantitative estimate of drug-likeness (QED) is 0.818. The molecular weight excluding hydrogens is 251 g/mol. The molecule has 0 unspecified atom stereocenters. The van der Waals surface area contributed by atoms with Crippen LogP contribution in [0.1, 0.15) is 12.8 Å². The molecule has 0 aliphatic carbocycles. The maximum Gasteiger partial charge on any atom is 0.224 e. The standard InChI is InChI=1S/C12H19FN4O2/c1-14-12-15-8-10(13)11(16-12)17-4-2-9(3-5-17)19-7-6-18/h8-9,18H,2-7H2,1H3,(H,14,15,16). The van der Waals surface area contributed by atoms with Crippen LogP contribution < -0.4 is 10.2 Å². The third-order valence-corrected chi connectivity index (χ3v) is 3.14. The van der Waals surface area contributed by atoms with Crippen LogP contribution in [0, 0.1) is 5.82 Å². The number of piperidine rings is 1. The normalized spacial score (nSPS) is 16.7. The van der Waals surface area contributed by atoms with E-state index in [-0.39, 0.29) is 12.7 Å². The molecule has 0 atom stereocenters. The third kappa shape index (κ3) is 3.51. The van der Waals surface area contributed by atoms with Gasteiger partial charge >= 0.3 is 0 Å². The molecule has 7 heteroatoms. The average molecular weight is 270 g/mol. The van der Waals surface area contributed by atoms with Crippen LogP contribution in [0.2, 0.25) is 0 Å². The molecule has 0 bridgehead atoms. The lowest BCUT2D eigenvalue weighted by Crippen LogP contribution is -2.38. The number of hydrogen-bond donors (Lipinski definition) is 2. The largest absolute Gasteiger partial charge is 0.394 e. The van der Waals surface area contributed by atoms with Crippen molar-refractivity contribution in [3.05, 3.63) is 12.0 Å². The topological polar surface area (TPSA) is 70.5 Å². The summed E-state index contributed by atoms with van der Waals surface area (Å²) in [6.07, 6.45) is 2.93. The number of nitrogens with one attached hydrogen (secondary N) is 1. The van der Waals surface area contributed by atoms with Crippen LogP contribution in [0.15, 0.2) is 6.20 Å². The molecule has 0 spiro atoms. The van der Waals surface area contributed by atoms with Gasteiger partial charge in [0.25, 0.3) is 0 Å². The molecule has 1 aromatic heterocycles. The van der Waals surface area contributed by atoms with Gasteiger partial charge < -0.3 is 20.1 Å². The molecule has 0 amide bonds. The zero-order chi connectivity index (χ0) is 13.7. The molecule has 1 aliphatic heterocycles. The van der Waals surface area contributed by atoms with Crippen molar-refractivity contribution in [2.75, 3.05) is 43.6 Å². The number of aromatic nitrogens is 2. The van der Waals surface area contributed by atoms with Crippen molar-refractivity contribution < 1.29 is 14.2 Å². The van der Waals surface area contributed by atoms with E-state index in [0.717, 1.165) is 12.8 Å². The lowest BCUT2D eigenvalue weighted by Gasteiger charge is -2.32. The van der Waals surface area contributed by atoms with Crippen molar-refractivity contribution in [3.63, 3.8) is 0 Å². The zero-order valence-electron chi connectivity index (χ0n) is 11.0. The first-order valence-electron chi connectivity index (χ1n) is 6.42. The van der Waals surface area contributed by atoms with Crippen molar-refractivity contribution in [2.24, 2.45) is 0 Å². The molecule has 0 aromatic carbocycles. The summed E-state index contributed by atoms with van der Waals surface area (Å²) in [5, 5.41) is 11.5. The Hall–Kier alpha value is -1.47. The number of halogens is 1. The van der Waals surface area contributed by atoms with Gasteiger partial charge in [-0.15, -0.1) is 0 Å². The second-order valence-electron chi connectivity index (χ2n) is 4.40. The molecule has 6 nitrogen and oxygen atoms in total. The molecule has 19 heavy (non-hydrogen) atoms. The first-order valence-corrected chi connectivity index (χ1v) is 6.42. The minimum atomic E-state index is -0.409. The molecule has 2 rings (SSSR count). The molecule has 1 aliphatic rings. The highest BCUT2D eigenvalue weighted by Crippen LogP contribution is 2.22. The lowest BCUT2D eigenvalue weighted by atomic mass is 10.1. The van der Waals surface area contributed by atoms with Crippen LogP contribution in [0.25, 0.3) is 0 Å². The third-order valence-electron chi connectivity index (χ3n) is 3.14. The van der Waals surface area contributed by atoms with Gasteiger partial charge in [-0.1, -0.05) is 0 Å². The summed E-state index contributed by atoms with van der Waals surface area (Å²) in [4.78, 5) is 9.88. The minimum Gasteiger partial charge on any atom is -0.394 e. The fourth-order valence-electron chi connectivity index (χ4n) is 2.15. The minimum absolute atomic E-state index is 0.0340. The molecule has 0 saturated carbocycles. The van der Waals surface area contributed by atoms with Gasteiger partial charge in [-0.05, 0) is 12.8 Å². The Morgan fingerprint density at radius 2 is 2.26 bits per heavy atom. The number of ether oxygens (including phenoxy) is 1. The van der Waals surface area contributed by atoms with Crippen LogP contribution in [-0.4, -0.2) is 54.5 Å². The number of hydrogen-bond acceptors (Lipinski definition) is 6. The number of aliphatic hydroxyl groups is 1. The van der Waals surface area contributed by atoms with Gasteiger partial charge in [0.15, 0.2) is 11.6 Å². The van der Waals surface area contributed by atoms with E-state index in [9.17, 15) is 4.39 Å². The fraction of sp³-hybridized carbons (Fsp3) is 0.667. The van der Waals surface area contributed by atoms with Crippen molar-refractivity contribution in [2.45, 2.75) is 18.9 Å². The molecule has 106 valence electrons. The Kier molecular flexibility index (Phi) is 4.86. The SMILES string of the molecule is CNc1ncc(F)c(N2CCC(OCCO)CC2)n1. The summed E-state index contributed by atoms with van der Waals surface area (Å²) in [6, 6.07) is 0. The summed E-state index contributed by atoms with van der Waals surface area (Å²) in [7, 11) is 1.70. The smallest absolute Gasteiger partial charge is 0.224 e. The van der Waals surface area contributed by atoms with E-state index in [1.54, 1.807) is 7.05 Å². The number of anilines is 2. The summed E-state index contributed by atoms with van der Waals surface area (Å²) in [6.45, 7) is 1.77. The van der Waals surface area contributed by atoms with E-state index in [1.807, 2.05) is 4.90 Å². The van der Waals surface area contributed by atoms with Crippen molar-refractivity contribution in [1.29, 1.82) is 0 Å². The lowest BCUT2D eigenvalue weighted by molar-refractivity contribution is 0.0158. The van der Waals surface area contributed by atoms with Crippen molar-refractivity contribution in [1.82, 2.24) is 9.97 Å². The Labute approximate surface area is 111 Å². The maximum absolute atomic E-state index is 13.7. The molecule has 0 radical (unpaired) electrons. The summed E-state index contributed by atoms with van der Waals surface area (Å²) in [5.41, 5.74) is 0. The summed E-state index contributed by atoms with van der Waals surface area (Å²) in [5.74, 6) is 0.337. The predicted octanol–water partition coefficient (Wildman–Crippen LogP) is 0.635. The molecule has 1 aromatic rings. The van der Waals surface area contributed by atoms with Gasteiger partial charge in [0.2, 0.25) is 5.95 Å². The number of rotatable bonds is 5. The molecule has 2 heterocycles. The van der Waals surface area contributed by atoms with Crippen LogP contribution in [0.3, 0.4) is 0 Å². The van der Waals surface area contributed by atoms with Gasteiger partial charge in [-0.25, -0.2) is 9.37 Å². The highest BCUT2D eigenvalue weighted by atomic mass is 19.1. The Bertz CT molecular complexity index is 411. The highest BCUT2D eigenvalue weighted by molar-refractivity contribution is 5.44. The molecular formula is C12H19FN4O2. The summed E-state index contributed by atoms with van der Waals surface area (Å²) < 4.78 is 19.2. The second-order valence-corrected chi connectivity index (χ2v) is 4.40. The number of aliphatic hydroxyl groups excluding tert-OH is 1. The van der Waals surface area contributed by atoms with Crippen molar-refractivity contribution >= 4 is 11.8 Å². The van der Waals surface area contributed by atoms with Crippen LogP contribution >= 0.6 is 0 Å². The average Bonchev–Trinajstić information content (AvgIpc) is 2.46. The Morgan fingerprint density at radius 1 is 1.53 bits per heavy atom. The second kappa shape index (κ2) is 6.63. The summed E-state index contributed by atoms with van der Waals surface area (Å²) >= 11 is 0. The Balaban J connectivity index is 1.97. The van der Waals surface area contributed by atoms with Gasteiger partial charge in [-0.2, -0.15) is 4.98 Å². The first kappa shape index (κ1) is 14.0. The van der Waals surface area contributed by atoms with Crippen LogP contribution in [0.4, 0.5) is 16.2 Å². The number of nitrogens with zero attached hydrogens (tertiary/aromatic N) is 3. The van der Waals surface area contributed by atoms with Gasteiger partial charge in [0.05, 0.1) is 25.5 Å².